The summed E-state index contributed by atoms with van der Waals surface area (Å²) in [7, 11) is 3.04. The van der Waals surface area contributed by atoms with Crippen molar-refractivity contribution in [2.24, 2.45) is 0 Å². The summed E-state index contributed by atoms with van der Waals surface area (Å²) >= 11 is 0. The highest BCUT2D eigenvalue weighted by Crippen LogP contribution is 2.32. The van der Waals surface area contributed by atoms with Crippen LogP contribution in [-0.2, 0) is 11.2 Å². The Hall–Kier alpha value is -3.00. The summed E-state index contributed by atoms with van der Waals surface area (Å²) < 4.78 is 10.4. The maximum absolute atomic E-state index is 11.7. The molecule has 118 valence electrons. The molecule has 0 aliphatic heterocycles. The van der Waals surface area contributed by atoms with Crippen molar-refractivity contribution < 1.29 is 19.4 Å². The van der Waals surface area contributed by atoms with Crippen LogP contribution in [0.3, 0.4) is 0 Å². The third-order valence-electron chi connectivity index (χ3n) is 3.64. The van der Waals surface area contributed by atoms with E-state index in [0.29, 0.717) is 29.0 Å². The number of methoxy groups -OCH3 is 2. The number of nitriles is 1. The molecule has 0 heterocycles. The predicted octanol–water partition coefficient (Wildman–Crippen LogP) is 2.99. The first-order valence-corrected chi connectivity index (χ1v) is 7.02. The number of nitrogens with zero attached hydrogens (tertiary/aromatic N) is 1. The molecule has 0 amide bonds. The van der Waals surface area contributed by atoms with Crippen LogP contribution in [0.5, 0.6) is 11.5 Å². The molecule has 2 aromatic carbocycles. The Morgan fingerprint density at radius 3 is 2.39 bits per heavy atom. The lowest BCUT2D eigenvalue weighted by molar-refractivity contribution is -0.138. The topological polar surface area (TPSA) is 79.5 Å². The summed E-state index contributed by atoms with van der Waals surface area (Å²) in [6, 6.07) is 14.0. The van der Waals surface area contributed by atoms with Gasteiger partial charge in [0.05, 0.1) is 31.8 Å². The van der Waals surface area contributed by atoms with E-state index in [9.17, 15) is 9.90 Å². The van der Waals surface area contributed by atoms with Crippen LogP contribution < -0.4 is 9.47 Å². The van der Waals surface area contributed by atoms with Gasteiger partial charge in [0, 0.05) is 11.6 Å². The van der Waals surface area contributed by atoms with Gasteiger partial charge in [-0.2, -0.15) is 5.26 Å². The number of aliphatic carboxylic acids is 1. The molecule has 5 nitrogen and oxygen atoms in total. The monoisotopic (exact) mass is 311 g/mol. The zero-order valence-corrected chi connectivity index (χ0v) is 12.9. The van der Waals surface area contributed by atoms with Crippen LogP contribution in [0.1, 0.15) is 22.6 Å². The SMILES string of the molecule is COc1ccc(C(Cc2ccc(C#N)cc2)C(=O)O)c(OC)c1. The normalized spacial score (nSPS) is 11.3. The van der Waals surface area contributed by atoms with Gasteiger partial charge < -0.3 is 14.6 Å². The molecule has 0 bridgehead atoms. The largest absolute Gasteiger partial charge is 0.497 e. The zero-order valence-electron chi connectivity index (χ0n) is 12.9. The fourth-order valence-corrected chi connectivity index (χ4v) is 2.39. The zero-order chi connectivity index (χ0) is 16.8. The maximum atomic E-state index is 11.7. The van der Waals surface area contributed by atoms with Crippen LogP contribution in [0, 0.1) is 11.3 Å². The number of carbonyl (C=O) groups is 1. The minimum absolute atomic E-state index is 0.309. The number of benzene rings is 2. The molecule has 0 radical (unpaired) electrons. The summed E-state index contributed by atoms with van der Waals surface area (Å²) in [6.45, 7) is 0. The first kappa shape index (κ1) is 16.4. The number of rotatable bonds is 6. The molecular formula is C18H17NO4. The molecule has 0 spiro atoms. The average molecular weight is 311 g/mol. The van der Waals surface area contributed by atoms with E-state index < -0.39 is 11.9 Å². The van der Waals surface area contributed by atoms with Gasteiger partial charge in [-0.25, -0.2) is 0 Å². The minimum atomic E-state index is -0.933. The first-order chi connectivity index (χ1) is 11.1. The van der Waals surface area contributed by atoms with Crippen molar-refractivity contribution in [2.75, 3.05) is 14.2 Å². The quantitative estimate of drug-likeness (QED) is 0.887. The lowest BCUT2D eigenvalue weighted by Crippen LogP contribution is -2.15. The van der Waals surface area contributed by atoms with Crippen molar-refractivity contribution >= 4 is 5.97 Å². The number of carboxylic acids is 1. The van der Waals surface area contributed by atoms with Crippen molar-refractivity contribution in [1.29, 1.82) is 5.26 Å². The summed E-state index contributed by atoms with van der Waals surface area (Å²) in [5.41, 5.74) is 1.97. The Bertz CT molecular complexity index is 732. The second-order valence-electron chi connectivity index (χ2n) is 5.01. The fourth-order valence-electron chi connectivity index (χ4n) is 2.39. The van der Waals surface area contributed by atoms with Gasteiger partial charge in [-0.05, 0) is 30.2 Å². The molecule has 0 aliphatic carbocycles. The molecule has 0 saturated heterocycles. The summed E-state index contributed by atoms with van der Waals surface area (Å²) in [4.78, 5) is 11.7. The van der Waals surface area contributed by atoms with Crippen LogP contribution in [0.15, 0.2) is 42.5 Å². The molecular weight excluding hydrogens is 294 g/mol. The van der Waals surface area contributed by atoms with Gasteiger partial charge in [0.1, 0.15) is 11.5 Å². The molecule has 5 heteroatoms. The van der Waals surface area contributed by atoms with E-state index in [1.165, 1.54) is 7.11 Å². The van der Waals surface area contributed by atoms with Gasteiger partial charge in [0.2, 0.25) is 0 Å². The minimum Gasteiger partial charge on any atom is -0.497 e. The molecule has 0 fully saturated rings. The number of hydrogen-bond donors (Lipinski definition) is 1. The highest BCUT2D eigenvalue weighted by atomic mass is 16.5. The summed E-state index contributed by atoms with van der Waals surface area (Å²) in [5.74, 6) is -0.597. The smallest absolute Gasteiger partial charge is 0.311 e. The first-order valence-electron chi connectivity index (χ1n) is 7.02. The molecule has 2 aromatic rings. The van der Waals surface area contributed by atoms with E-state index in [4.69, 9.17) is 14.7 Å². The van der Waals surface area contributed by atoms with Crippen LogP contribution >= 0.6 is 0 Å². The van der Waals surface area contributed by atoms with E-state index >= 15 is 0 Å². The van der Waals surface area contributed by atoms with E-state index in [-0.39, 0.29) is 0 Å². The van der Waals surface area contributed by atoms with Gasteiger partial charge >= 0.3 is 5.97 Å². The second-order valence-corrected chi connectivity index (χ2v) is 5.01. The van der Waals surface area contributed by atoms with E-state index in [0.717, 1.165) is 5.56 Å². The molecule has 1 N–H and O–H groups in total. The standard InChI is InChI=1S/C18H17NO4/c1-22-14-7-8-15(17(10-14)23-2)16(18(20)21)9-12-3-5-13(11-19)6-4-12/h3-8,10,16H,9H2,1-2H3,(H,20,21). The highest BCUT2D eigenvalue weighted by Gasteiger charge is 2.24. The molecule has 0 aliphatic rings. The Morgan fingerprint density at radius 2 is 1.87 bits per heavy atom. The number of ether oxygens (including phenoxy) is 2. The van der Waals surface area contributed by atoms with Crippen molar-refractivity contribution in [3.05, 3.63) is 59.2 Å². The van der Waals surface area contributed by atoms with Crippen LogP contribution in [0.2, 0.25) is 0 Å². The van der Waals surface area contributed by atoms with Crippen LogP contribution in [0.4, 0.5) is 0 Å². The van der Waals surface area contributed by atoms with Gasteiger partial charge in [0.25, 0.3) is 0 Å². The van der Waals surface area contributed by atoms with Gasteiger partial charge in [-0.1, -0.05) is 18.2 Å². The van der Waals surface area contributed by atoms with Crippen LogP contribution in [-0.4, -0.2) is 25.3 Å². The Morgan fingerprint density at radius 1 is 1.17 bits per heavy atom. The van der Waals surface area contributed by atoms with Crippen molar-refractivity contribution in [2.45, 2.75) is 12.3 Å². The third-order valence-corrected chi connectivity index (χ3v) is 3.64. The van der Waals surface area contributed by atoms with Gasteiger partial charge in [0.15, 0.2) is 0 Å². The maximum Gasteiger partial charge on any atom is 0.311 e. The van der Waals surface area contributed by atoms with Crippen molar-refractivity contribution in [3.8, 4) is 17.6 Å². The summed E-state index contributed by atoms with van der Waals surface area (Å²) in [5, 5.41) is 18.4. The third kappa shape index (κ3) is 3.80. The van der Waals surface area contributed by atoms with E-state index in [2.05, 4.69) is 0 Å². The predicted molar refractivity (Wildman–Crippen MR) is 84.8 cm³/mol. The lowest BCUT2D eigenvalue weighted by atomic mass is 9.91. The molecule has 2 rings (SSSR count). The average Bonchev–Trinajstić information content (AvgIpc) is 2.59. The Labute approximate surface area is 134 Å². The number of carboxylic acid groups (broad SMARTS) is 1. The highest BCUT2D eigenvalue weighted by molar-refractivity contribution is 5.78. The molecule has 1 unspecified atom stereocenters. The Balaban J connectivity index is 2.34. The molecule has 0 saturated carbocycles. The second kappa shape index (κ2) is 7.32. The lowest BCUT2D eigenvalue weighted by Gasteiger charge is -2.17. The molecule has 0 aromatic heterocycles. The van der Waals surface area contributed by atoms with Crippen molar-refractivity contribution in [1.82, 2.24) is 0 Å². The van der Waals surface area contributed by atoms with Gasteiger partial charge in [-0.3, -0.25) is 4.79 Å². The summed E-state index contributed by atoms with van der Waals surface area (Å²) in [6.07, 6.45) is 0.309. The Kier molecular flexibility index (Phi) is 5.21. The van der Waals surface area contributed by atoms with Crippen LogP contribution in [0.25, 0.3) is 0 Å². The molecule has 23 heavy (non-hydrogen) atoms. The van der Waals surface area contributed by atoms with E-state index in [1.54, 1.807) is 49.6 Å². The number of hydrogen-bond acceptors (Lipinski definition) is 4. The fraction of sp³-hybridized carbons (Fsp3) is 0.222. The van der Waals surface area contributed by atoms with Crippen molar-refractivity contribution in [3.63, 3.8) is 0 Å². The van der Waals surface area contributed by atoms with E-state index in [1.807, 2.05) is 6.07 Å². The van der Waals surface area contributed by atoms with Gasteiger partial charge in [-0.15, -0.1) is 0 Å². The molecule has 1 atom stereocenters.